The second-order valence-electron chi connectivity index (χ2n) is 4.66. The van der Waals surface area contributed by atoms with Crippen molar-refractivity contribution in [2.75, 3.05) is 20.1 Å². The fourth-order valence-corrected chi connectivity index (χ4v) is 1.63. The number of carbonyl (C=O) groups is 1. The summed E-state index contributed by atoms with van der Waals surface area (Å²) < 4.78 is 0. The highest BCUT2D eigenvalue weighted by Crippen LogP contribution is 2.12. The van der Waals surface area contributed by atoms with Gasteiger partial charge in [-0.1, -0.05) is 33.6 Å². The molecule has 0 aromatic heterocycles. The van der Waals surface area contributed by atoms with Crippen molar-refractivity contribution in [2.24, 2.45) is 11.8 Å². The molecule has 3 nitrogen and oxygen atoms in total. The molecule has 1 unspecified atom stereocenters. The number of nitrogens with zero attached hydrogens (tertiary/aromatic N) is 1. The molecular weight excluding hydrogens is 190 g/mol. The molecule has 0 saturated carbocycles. The second-order valence-corrected chi connectivity index (χ2v) is 4.66. The molecule has 0 heterocycles. The van der Waals surface area contributed by atoms with Gasteiger partial charge in [0.05, 0.1) is 5.92 Å². The molecule has 0 spiro atoms. The van der Waals surface area contributed by atoms with Gasteiger partial charge in [-0.2, -0.15) is 0 Å². The van der Waals surface area contributed by atoms with Gasteiger partial charge < -0.3 is 10.0 Å². The first-order valence-corrected chi connectivity index (χ1v) is 5.90. The van der Waals surface area contributed by atoms with Gasteiger partial charge >= 0.3 is 5.97 Å². The fraction of sp³-hybridized carbons (Fsp3) is 0.917. The Morgan fingerprint density at radius 1 is 1.33 bits per heavy atom. The zero-order valence-electron chi connectivity index (χ0n) is 10.5. The van der Waals surface area contributed by atoms with Gasteiger partial charge in [0, 0.05) is 6.54 Å². The average molecular weight is 215 g/mol. The molecule has 90 valence electrons. The molecule has 0 radical (unpaired) electrons. The summed E-state index contributed by atoms with van der Waals surface area (Å²) in [5.74, 6) is -0.708. The van der Waals surface area contributed by atoms with Crippen LogP contribution in [0.3, 0.4) is 0 Å². The summed E-state index contributed by atoms with van der Waals surface area (Å²) in [7, 11) is 2.01. The minimum absolute atomic E-state index is 0.205. The molecule has 0 aromatic carbocycles. The van der Waals surface area contributed by atoms with Crippen LogP contribution in [0.15, 0.2) is 0 Å². The van der Waals surface area contributed by atoms with Crippen LogP contribution < -0.4 is 0 Å². The van der Waals surface area contributed by atoms with Crippen LogP contribution in [0.1, 0.15) is 40.0 Å². The summed E-state index contributed by atoms with van der Waals surface area (Å²) in [6.07, 6.45) is 3.60. The van der Waals surface area contributed by atoms with Crippen molar-refractivity contribution in [3.05, 3.63) is 0 Å². The molecule has 1 N–H and O–H groups in total. The van der Waals surface area contributed by atoms with Gasteiger partial charge in [-0.25, -0.2) is 0 Å². The summed E-state index contributed by atoms with van der Waals surface area (Å²) in [6, 6.07) is 0. The number of hydrogen-bond donors (Lipinski definition) is 1. The molecule has 0 aliphatic rings. The molecule has 15 heavy (non-hydrogen) atoms. The van der Waals surface area contributed by atoms with Crippen molar-refractivity contribution in [2.45, 2.75) is 40.0 Å². The second kappa shape index (κ2) is 7.69. The highest BCUT2D eigenvalue weighted by Gasteiger charge is 2.22. The number of hydrogen-bond acceptors (Lipinski definition) is 2. The van der Waals surface area contributed by atoms with Crippen molar-refractivity contribution < 1.29 is 9.90 Å². The van der Waals surface area contributed by atoms with Crippen LogP contribution in [0.2, 0.25) is 0 Å². The van der Waals surface area contributed by atoms with Gasteiger partial charge in [0.1, 0.15) is 0 Å². The highest BCUT2D eigenvalue weighted by molar-refractivity contribution is 5.70. The molecule has 1 atom stereocenters. The lowest BCUT2D eigenvalue weighted by Crippen LogP contribution is -2.34. The smallest absolute Gasteiger partial charge is 0.308 e. The van der Waals surface area contributed by atoms with E-state index in [9.17, 15) is 4.79 Å². The molecule has 0 saturated heterocycles. The van der Waals surface area contributed by atoms with Gasteiger partial charge in [-0.05, 0) is 25.9 Å². The maximum absolute atomic E-state index is 11.0. The molecule has 3 heteroatoms. The summed E-state index contributed by atoms with van der Waals surface area (Å²) in [5.41, 5.74) is 0. The average Bonchev–Trinajstić information content (AvgIpc) is 2.13. The Hall–Kier alpha value is -0.570. The minimum Gasteiger partial charge on any atom is -0.481 e. The Morgan fingerprint density at radius 3 is 2.33 bits per heavy atom. The van der Waals surface area contributed by atoms with Gasteiger partial charge in [0.15, 0.2) is 0 Å². The van der Waals surface area contributed by atoms with Gasteiger partial charge in [0.25, 0.3) is 0 Å². The number of carboxylic acid groups (broad SMARTS) is 1. The largest absolute Gasteiger partial charge is 0.481 e. The topological polar surface area (TPSA) is 40.5 Å². The maximum Gasteiger partial charge on any atom is 0.308 e. The van der Waals surface area contributed by atoms with Gasteiger partial charge in [-0.3, -0.25) is 4.79 Å². The first-order valence-electron chi connectivity index (χ1n) is 5.90. The summed E-state index contributed by atoms with van der Waals surface area (Å²) >= 11 is 0. The summed E-state index contributed by atoms with van der Waals surface area (Å²) in [5, 5.41) is 9.04. The molecule has 0 aromatic rings. The first kappa shape index (κ1) is 14.4. The van der Waals surface area contributed by atoms with Crippen LogP contribution in [0.4, 0.5) is 0 Å². The molecule has 0 bridgehead atoms. The van der Waals surface area contributed by atoms with E-state index in [-0.39, 0.29) is 11.8 Å². The normalized spacial score (nSPS) is 13.5. The fourth-order valence-electron chi connectivity index (χ4n) is 1.63. The molecule has 0 fully saturated rings. The van der Waals surface area contributed by atoms with Crippen LogP contribution in [0, 0.1) is 11.8 Å². The van der Waals surface area contributed by atoms with E-state index in [1.165, 1.54) is 12.8 Å². The van der Waals surface area contributed by atoms with Gasteiger partial charge in [0.2, 0.25) is 0 Å². The molecule has 0 aliphatic heterocycles. The van der Waals surface area contributed by atoms with E-state index in [0.717, 1.165) is 13.0 Å². The van der Waals surface area contributed by atoms with Crippen LogP contribution in [0.5, 0.6) is 0 Å². The van der Waals surface area contributed by atoms with E-state index in [0.29, 0.717) is 6.54 Å². The molecule has 0 rings (SSSR count). The van der Waals surface area contributed by atoms with Crippen LogP contribution in [0.25, 0.3) is 0 Å². The third-order valence-electron chi connectivity index (χ3n) is 2.77. The SMILES string of the molecule is CCCCCN(C)CC(C(=O)O)C(C)C. The van der Waals surface area contributed by atoms with Crippen molar-refractivity contribution in [1.82, 2.24) is 4.90 Å². The lowest BCUT2D eigenvalue weighted by atomic mass is 9.95. The zero-order valence-corrected chi connectivity index (χ0v) is 10.5. The number of aliphatic carboxylic acids is 1. The van der Waals surface area contributed by atoms with Crippen molar-refractivity contribution in [3.8, 4) is 0 Å². The van der Waals surface area contributed by atoms with Crippen molar-refractivity contribution >= 4 is 5.97 Å². The van der Waals surface area contributed by atoms with Crippen LogP contribution >= 0.6 is 0 Å². The van der Waals surface area contributed by atoms with Crippen molar-refractivity contribution in [1.29, 1.82) is 0 Å². The number of unbranched alkanes of at least 4 members (excludes halogenated alkanes) is 2. The third-order valence-corrected chi connectivity index (χ3v) is 2.77. The maximum atomic E-state index is 11.0. The first-order chi connectivity index (χ1) is 6.99. The van der Waals surface area contributed by atoms with E-state index < -0.39 is 5.97 Å². The molecule has 0 amide bonds. The van der Waals surface area contributed by atoms with Crippen LogP contribution in [-0.2, 0) is 4.79 Å². The Kier molecular flexibility index (Phi) is 7.39. The molecular formula is C12H25NO2. The summed E-state index contributed by atoms with van der Waals surface area (Å²) in [4.78, 5) is 13.1. The zero-order chi connectivity index (χ0) is 11.8. The van der Waals surface area contributed by atoms with E-state index in [2.05, 4.69) is 11.8 Å². The number of carboxylic acids is 1. The predicted molar refractivity (Wildman–Crippen MR) is 63.0 cm³/mol. The number of rotatable bonds is 8. The molecule has 0 aliphatic carbocycles. The Labute approximate surface area is 93.5 Å². The van der Waals surface area contributed by atoms with Gasteiger partial charge in [-0.15, -0.1) is 0 Å². The lowest BCUT2D eigenvalue weighted by Gasteiger charge is -2.23. The third kappa shape index (κ3) is 6.50. The predicted octanol–water partition coefficient (Wildman–Crippen LogP) is 2.47. The van der Waals surface area contributed by atoms with E-state index in [4.69, 9.17) is 5.11 Å². The van der Waals surface area contributed by atoms with Crippen molar-refractivity contribution in [3.63, 3.8) is 0 Å². The Bertz CT molecular complexity index is 180. The van der Waals surface area contributed by atoms with Crippen LogP contribution in [-0.4, -0.2) is 36.1 Å². The quantitative estimate of drug-likeness (QED) is 0.632. The standard InChI is InChI=1S/C12H25NO2/c1-5-6-7-8-13(4)9-11(10(2)3)12(14)15/h10-11H,5-9H2,1-4H3,(H,14,15). The Balaban J connectivity index is 3.89. The minimum atomic E-state index is -0.674. The monoisotopic (exact) mass is 215 g/mol. The van der Waals surface area contributed by atoms with E-state index >= 15 is 0 Å². The summed E-state index contributed by atoms with van der Waals surface area (Å²) in [6.45, 7) is 7.78. The van der Waals surface area contributed by atoms with E-state index in [1.807, 2.05) is 20.9 Å². The highest BCUT2D eigenvalue weighted by atomic mass is 16.4. The van der Waals surface area contributed by atoms with E-state index in [1.54, 1.807) is 0 Å². The Morgan fingerprint density at radius 2 is 1.93 bits per heavy atom. The lowest BCUT2D eigenvalue weighted by molar-refractivity contribution is -0.143.